The fourth-order valence-electron chi connectivity index (χ4n) is 3.68. The average molecular weight is 414 g/mol. The van der Waals surface area contributed by atoms with Gasteiger partial charge in [0.1, 0.15) is 17.8 Å². The Morgan fingerprint density at radius 3 is 2.97 bits per heavy atom. The van der Waals surface area contributed by atoms with Crippen molar-refractivity contribution < 1.29 is 9.53 Å². The number of hydrogen-bond donors (Lipinski definition) is 1. The summed E-state index contributed by atoms with van der Waals surface area (Å²) >= 11 is 0. The largest absolute Gasteiger partial charge is 0.495 e. The summed E-state index contributed by atoms with van der Waals surface area (Å²) in [4.78, 5) is 21.4. The minimum absolute atomic E-state index is 0.0178. The minimum Gasteiger partial charge on any atom is -0.495 e. The second kappa shape index (κ2) is 8.14. The van der Waals surface area contributed by atoms with E-state index in [4.69, 9.17) is 4.74 Å². The van der Waals surface area contributed by atoms with Gasteiger partial charge in [-0.1, -0.05) is 12.1 Å². The maximum Gasteiger partial charge on any atom is 0.273 e. The van der Waals surface area contributed by atoms with Crippen LogP contribution in [0.25, 0.3) is 11.4 Å². The predicted octanol–water partition coefficient (Wildman–Crippen LogP) is 3.76. The number of nitrogens with zero attached hydrogens (tertiary/aromatic N) is 5. The highest BCUT2D eigenvalue weighted by atomic mass is 16.5. The highest BCUT2D eigenvalue weighted by Crippen LogP contribution is 2.37. The average Bonchev–Trinajstić information content (AvgIpc) is 3.55. The van der Waals surface area contributed by atoms with Crippen molar-refractivity contribution in [1.29, 1.82) is 0 Å². The zero-order valence-corrected chi connectivity index (χ0v) is 17.1. The van der Waals surface area contributed by atoms with Crippen molar-refractivity contribution >= 4 is 17.8 Å². The van der Waals surface area contributed by atoms with Crippen LogP contribution < -0.4 is 10.1 Å². The molecule has 3 heterocycles. The van der Waals surface area contributed by atoms with E-state index in [9.17, 15) is 4.79 Å². The molecule has 1 N–H and O–H groups in total. The number of ether oxygens (including phenoxy) is 1. The number of aromatic nitrogens is 4. The van der Waals surface area contributed by atoms with Gasteiger partial charge < -0.3 is 14.6 Å². The molecule has 8 heteroatoms. The zero-order chi connectivity index (χ0) is 21.2. The first-order valence-corrected chi connectivity index (χ1v) is 10.3. The monoisotopic (exact) mass is 414 g/mol. The maximum absolute atomic E-state index is 12.9. The van der Waals surface area contributed by atoms with Crippen molar-refractivity contribution in [3.63, 3.8) is 0 Å². The van der Waals surface area contributed by atoms with E-state index < -0.39 is 0 Å². The summed E-state index contributed by atoms with van der Waals surface area (Å²) in [6, 6.07) is 10.1. The summed E-state index contributed by atoms with van der Waals surface area (Å²) in [5.41, 5.74) is 2.97. The number of aliphatic imine (C=N–C) groups is 1. The van der Waals surface area contributed by atoms with E-state index in [1.807, 2.05) is 36.4 Å². The number of allylic oxidation sites excluding steroid dienone is 1. The van der Waals surface area contributed by atoms with Gasteiger partial charge in [-0.3, -0.25) is 14.8 Å². The number of carbonyl (C=O) groups excluding carboxylic acids is 1. The van der Waals surface area contributed by atoms with Crippen LogP contribution in [0.4, 0.5) is 5.69 Å². The van der Waals surface area contributed by atoms with E-state index in [2.05, 4.69) is 30.1 Å². The Morgan fingerprint density at radius 1 is 1.23 bits per heavy atom. The second-order valence-corrected chi connectivity index (χ2v) is 7.69. The molecule has 1 atom stereocenters. The van der Waals surface area contributed by atoms with Crippen molar-refractivity contribution in [2.45, 2.75) is 31.2 Å². The quantitative estimate of drug-likeness (QED) is 0.663. The molecule has 3 aromatic rings. The third-order valence-electron chi connectivity index (χ3n) is 5.47. The van der Waals surface area contributed by atoms with Gasteiger partial charge in [0.05, 0.1) is 13.3 Å². The second-order valence-electron chi connectivity index (χ2n) is 7.69. The zero-order valence-electron chi connectivity index (χ0n) is 17.1. The lowest BCUT2D eigenvalue weighted by Gasteiger charge is -2.17. The molecule has 31 heavy (non-hydrogen) atoms. The van der Waals surface area contributed by atoms with Gasteiger partial charge in [0.15, 0.2) is 5.82 Å². The molecule has 0 bridgehead atoms. The van der Waals surface area contributed by atoms with Gasteiger partial charge in [-0.2, -0.15) is 0 Å². The van der Waals surface area contributed by atoms with Crippen molar-refractivity contribution in [2.75, 3.05) is 12.4 Å². The summed E-state index contributed by atoms with van der Waals surface area (Å²) in [5, 5.41) is 11.3. The number of nitrogens with one attached hydrogen (secondary N) is 1. The molecule has 5 rings (SSSR count). The van der Waals surface area contributed by atoms with E-state index in [0.717, 1.165) is 29.8 Å². The van der Waals surface area contributed by atoms with Crippen molar-refractivity contribution in [1.82, 2.24) is 19.7 Å². The van der Waals surface area contributed by atoms with Gasteiger partial charge in [0, 0.05) is 35.6 Å². The van der Waals surface area contributed by atoms with Crippen LogP contribution in [0.2, 0.25) is 0 Å². The molecule has 1 fully saturated rings. The van der Waals surface area contributed by atoms with Gasteiger partial charge >= 0.3 is 0 Å². The summed E-state index contributed by atoms with van der Waals surface area (Å²) in [6.07, 6.45) is 11.9. The first kappa shape index (κ1) is 19.2. The molecular formula is C23H22N6O2. The van der Waals surface area contributed by atoms with E-state index in [-0.39, 0.29) is 11.8 Å². The molecule has 1 aliphatic heterocycles. The number of benzene rings is 1. The minimum atomic E-state index is -0.252. The molecular weight excluding hydrogens is 392 g/mol. The van der Waals surface area contributed by atoms with Crippen LogP contribution in [0.3, 0.4) is 0 Å². The summed E-state index contributed by atoms with van der Waals surface area (Å²) in [6.45, 7) is 0. The van der Waals surface area contributed by atoms with Crippen LogP contribution in [-0.2, 0) is 4.79 Å². The molecule has 0 spiro atoms. The normalized spacial score (nSPS) is 17.8. The summed E-state index contributed by atoms with van der Waals surface area (Å²) in [7, 11) is 1.61. The number of amides is 1. The topological polar surface area (TPSA) is 94.3 Å². The Bertz CT molecular complexity index is 1180. The molecule has 1 aliphatic carbocycles. The van der Waals surface area contributed by atoms with Crippen LogP contribution in [0.15, 0.2) is 65.8 Å². The van der Waals surface area contributed by atoms with Crippen molar-refractivity contribution in [3.8, 4) is 17.1 Å². The number of rotatable bonds is 6. The van der Waals surface area contributed by atoms with Gasteiger partial charge in [-0.25, -0.2) is 0 Å². The Balaban J connectivity index is 1.34. The SMILES string of the molecule is COc1cncc(C2C=C(C(=O)Nc3cccc(-c4nncn4C4CC4)c3)N=CC2)c1. The van der Waals surface area contributed by atoms with E-state index in [0.29, 0.717) is 29.6 Å². The van der Waals surface area contributed by atoms with Gasteiger partial charge in [-0.05, 0) is 49.1 Å². The Kier molecular flexibility index (Phi) is 5.03. The highest BCUT2D eigenvalue weighted by molar-refractivity contribution is 6.05. The standard InChI is InChI=1S/C23H22N6O2/c1-31-20-10-17(12-24-13-20)15-7-8-25-21(11-15)23(30)27-18-4-2-3-16(9-18)22-28-26-14-29(22)19-5-6-19/h2-4,8-15,19H,5-7H2,1H3,(H,27,30). The van der Waals surface area contributed by atoms with E-state index in [1.165, 1.54) is 0 Å². The Hall–Kier alpha value is -3.81. The lowest BCUT2D eigenvalue weighted by Crippen LogP contribution is -2.16. The predicted molar refractivity (Wildman–Crippen MR) is 117 cm³/mol. The molecule has 2 aromatic heterocycles. The highest BCUT2D eigenvalue weighted by Gasteiger charge is 2.26. The fraction of sp³-hybridized carbons (Fsp3) is 0.261. The van der Waals surface area contributed by atoms with Crippen LogP contribution in [-0.4, -0.2) is 39.0 Å². The van der Waals surface area contributed by atoms with E-state index >= 15 is 0 Å². The van der Waals surface area contributed by atoms with Crippen LogP contribution in [0.1, 0.15) is 36.8 Å². The van der Waals surface area contributed by atoms with Gasteiger partial charge in [0.2, 0.25) is 0 Å². The first-order valence-electron chi connectivity index (χ1n) is 10.3. The fourth-order valence-corrected chi connectivity index (χ4v) is 3.68. The lowest BCUT2D eigenvalue weighted by atomic mass is 9.94. The van der Waals surface area contributed by atoms with Crippen LogP contribution in [0.5, 0.6) is 5.75 Å². The molecule has 0 radical (unpaired) electrons. The van der Waals surface area contributed by atoms with Gasteiger partial charge in [0.25, 0.3) is 5.91 Å². The number of anilines is 1. The van der Waals surface area contributed by atoms with E-state index in [1.54, 1.807) is 32.0 Å². The third kappa shape index (κ3) is 4.09. The van der Waals surface area contributed by atoms with Crippen molar-refractivity contribution in [2.24, 2.45) is 4.99 Å². The molecule has 2 aliphatic rings. The summed E-state index contributed by atoms with van der Waals surface area (Å²) < 4.78 is 7.36. The van der Waals surface area contributed by atoms with Crippen LogP contribution in [0, 0.1) is 0 Å². The maximum atomic E-state index is 12.9. The number of methoxy groups -OCH3 is 1. The Labute approximate surface area is 179 Å². The lowest BCUT2D eigenvalue weighted by molar-refractivity contribution is -0.112. The number of hydrogen-bond acceptors (Lipinski definition) is 6. The molecule has 8 nitrogen and oxygen atoms in total. The third-order valence-corrected chi connectivity index (χ3v) is 5.47. The molecule has 1 unspecified atom stereocenters. The number of pyridine rings is 1. The summed E-state index contributed by atoms with van der Waals surface area (Å²) in [5.74, 6) is 1.27. The molecule has 1 saturated carbocycles. The van der Waals surface area contributed by atoms with Gasteiger partial charge in [-0.15, -0.1) is 10.2 Å². The molecule has 1 aromatic carbocycles. The number of carbonyl (C=O) groups is 1. The smallest absolute Gasteiger partial charge is 0.273 e. The molecule has 1 amide bonds. The van der Waals surface area contributed by atoms with Crippen LogP contribution >= 0.6 is 0 Å². The molecule has 156 valence electrons. The van der Waals surface area contributed by atoms with Crippen molar-refractivity contribution in [3.05, 3.63) is 66.4 Å². The Morgan fingerprint density at radius 2 is 2.13 bits per heavy atom. The first-order chi connectivity index (χ1) is 15.2. The molecule has 0 saturated heterocycles.